The molecule has 19 heavy (non-hydrogen) atoms. The van der Waals surface area contributed by atoms with Gasteiger partial charge in [0.25, 0.3) is 0 Å². The lowest BCUT2D eigenvalue weighted by atomic mass is 9.94. The van der Waals surface area contributed by atoms with Crippen LogP contribution in [0.4, 0.5) is 5.95 Å². The smallest absolute Gasteiger partial charge is 0.226 e. The van der Waals surface area contributed by atoms with E-state index in [1.54, 1.807) is 12.3 Å². The Hall–Kier alpha value is -1.69. The number of anilines is 1. The molecule has 0 radical (unpaired) electrons. The Bertz CT molecular complexity index is 431. The number of amidine groups is 1. The second-order valence-electron chi connectivity index (χ2n) is 4.86. The molecule has 1 saturated carbocycles. The van der Waals surface area contributed by atoms with E-state index >= 15 is 0 Å². The van der Waals surface area contributed by atoms with Crippen molar-refractivity contribution in [3.05, 3.63) is 18.0 Å². The van der Waals surface area contributed by atoms with E-state index in [0.717, 1.165) is 12.8 Å². The standard InChI is InChI=1S/C13H21N5O/c14-12(15)11-6-7-16-13(17-11)18(8-9-19)10-4-2-1-3-5-10/h6-7,10,19H,1-5,8-9H2,(H3,14,15). The molecule has 1 aliphatic rings. The molecule has 0 spiro atoms. The third kappa shape index (κ3) is 3.41. The minimum Gasteiger partial charge on any atom is -0.395 e. The monoisotopic (exact) mass is 263 g/mol. The molecule has 4 N–H and O–H groups in total. The van der Waals surface area contributed by atoms with Crippen LogP contribution in [0.3, 0.4) is 0 Å². The van der Waals surface area contributed by atoms with Gasteiger partial charge in [0, 0.05) is 18.8 Å². The number of aromatic nitrogens is 2. The minimum absolute atomic E-state index is 0.0590. The summed E-state index contributed by atoms with van der Waals surface area (Å²) in [6.07, 6.45) is 7.52. The Morgan fingerprint density at radius 3 is 2.79 bits per heavy atom. The van der Waals surface area contributed by atoms with Crippen LogP contribution in [0.15, 0.2) is 12.3 Å². The summed E-state index contributed by atoms with van der Waals surface area (Å²) < 4.78 is 0. The van der Waals surface area contributed by atoms with E-state index in [4.69, 9.17) is 11.1 Å². The van der Waals surface area contributed by atoms with Crippen LogP contribution in [-0.2, 0) is 0 Å². The maximum absolute atomic E-state index is 9.24. The van der Waals surface area contributed by atoms with Crippen molar-refractivity contribution in [3.8, 4) is 0 Å². The van der Waals surface area contributed by atoms with Gasteiger partial charge in [-0.05, 0) is 18.9 Å². The predicted octanol–water partition coefficient (Wildman–Crippen LogP) is 0.892. The maximum Gasteiger partial charge on any atom is 0.226 e. The molecule has 2 rings (SSSR count). The Morgan fingerprint density at radius 1 is 1.42 bits per heavy atom. The molecular weight excluding hydrogens is 242 g/mol. The third-order valence-electron chi connectivity index (χ3n) is 3.53. The lowest BCUT2D eigenvalue weighted by Gasteiger charge is -2.34. The molecule has 0 unspecified atom stereocenters. The van der Waals surface area contributed by atoms with Gasteiger partial charge in [-0.2, -0.15) is 0 Å². The SMILES string of the molecule is N=C(N)c1ccnc(N(CCO)C2CCCCC2)n1. The molecule has 0 amide bonds. The highest BCUT2D eigenvalue weighted by Gasteiger charge is 2.23. The highest BCUT2D eigenvalue weighted by atomic mass is 16.3. The Balaban J connectivity index is 2.22. The van der Waals surface area contributed by atoms with E-state index in [0.29, 0.717) is 24.2 Å². The van der Waals surface area contributed by atoms with Crippen molar-refractivity contribution >= 4 is 11.8 Å². The second-order valence-corrected chi connectivity index (χ2v) is 4.86. The Labute approximate surface area is 113 Å². The van der Waals surface area contributed by atoms with Gasteiger partial charge in [-0.15, -0.1) is 0 Å². The lowest BCUT2D eigenvalue weighted by molar-refractivity contribution is 0.288. The topological polar surface area (TPSA) is 99.1 Å². The molecule has 6 heteroatoms. The maximum atomic E-state index is 9.24. The summed E-state index contributed by atoms with van der Waals surface area (Å²) in [5, 5.41) is 16.7. The van der Waals surface area contributed by atoms with E-state index in [1.807, 2.05) is 4.90 Å². The van der Waals surface area contributed by atoms with E-state index in [-0.39, 0.29) is 12.4 Å². The first kappa shape index (κ1) is 13.7. The summed E-state index contributed by atoms with van der Waals surface area (Å²) in [7, 11) is 0. The fourth-order valence-corrected chi connectivity index (χ4v) is 2.58. The number of rotatable bonds is 5. The molecule has 0 saturated heterocycles. The molecule has 0 bridgehead atoms. The molecule has 6 nitrogen and oxygen atoms in total. The van der Waals surface area contributed by atoms with Crippen LogP contribution in [0, 0.1) is 5.41 Å². The summed E-state index contributed by atoms with van der Waals surface area (Å²) in [4.78, 5) is 10.6. The van der Waals surface area contributed by atoms with E-state index in [1.165, 1.54) is 19.3 Å². The number of hydrogen-bond donors (Lipinski definition) is 3. The zero-order chi connectivity index (χ0) is 13.7. The second kappa shape index (κ2) is 6.47. The van der Waals surface area contributed by atoms with E-state index < -0.39 is 0 Å². The van der Waals surface area contributed by atoms with Crippen LogP contribution in [0.1, 0.15) is 37.8 Å². The third-order valence-corrected chi connectivity index (χ3v) is 3.53. The average molecular weight is 263 g/mol. The van der Waals surface area contributed by atoms with Gasteiger partial charge in [0.1, 0.15) is 11.5 Å². The van der Waals surface area contributed by atoms with Crippen LogP contribution in [-0.4, -0.2) is 40.1 Å². The van der Waals surface area contributed by atoms with Gasteiger partial charge in [-0.1, -0.05) is 19.3 Å². The molecule has 1 fully saturated rings. The summed E-state index contributed by atoms with van der Waals surface area (Å²) in [5.74, 6) is 0.505. The average Bonchev–Trinajstić information content (AvgIpc) is 2.46. The van der Waals surface area contributed by atoms with Gasteiger partial charge in [0.05, 0.1) is 6.61 Å². The zero-order valence-electron chi connectivity index (χ0n) is 11.0. The molecule has 104 valence electrons. The van der Waals surface area contributed by atoms with E-state index in [2.05, 4.69) is 9.97 Å². The minimum atomic E-state index is -0.0590. The number of nitrogens with one attached hydrogen (secondary N) is 1. The van der Waals surface area contributed by atoms with Crippen molar-refractivity contribution in [3.63, 3.8) is 0 Å². The summed E-state index contributed by atoms with van der Waals surface area (Å²) in [6.45, 7) is 0.593. The first-order valence-electron chi connectivity index (χ1n) is 6.77. The molecule has 0 aromatic carbocycles. The van der Waals surface area contributed by atoms with Gasteiger partial charge >= 0.3 is 0 Å². The van der Waals surface area contributed by atoms with Gasteiger partial charge in [0.2, 0.25) is 5.95 Å². The van der Waals surface area contributed by atoms with Crippen LogP contribution < -0.4 is 10.6 Å². The van der Waals surface area contributed by atoms with Crippen molar-refractivity contribution in [2.24, 2.45) is 5.73 Å². The van der Waals surface area contributed by atoms with Crippen molar-refractivity contribution in [2.45, 2.75) is 38.1 Å². The van der Waals surface area contributed by atoms with Gasteiger partial charge in [-0.25, -0.2) is 9.97 Å². The number of nitrogens with two attached hydrogens (primary N) is 1. The van der Waals surface area contributed by atoms with Crippen molar-refractivity contribution in [2.75, 3.05) is 18.1 Å². The van der Waals surface area contributed by atoms with Crippen LogP contribution >= 0.6 is 0 Å². The molecule has 1 aromatic rings. The predicted molar refractivity (Wildman–Crippen MR) is 74.4 cm³/mol. The summed E-state index contributed by atoms with van der Waals surface area (Å²) >= 11 is 0. The van der Waals surface area contributed by atoms with Gasteiger partial charge < -0.3 is 15.7 Å². The van der Waals surface area contributed by atoms with E-state index in [9.17, 15) is 5.11 Å². The first-order chi connectivity index (χ1) is 9.22. The molecule has 1 heterocycles. The highest BCUT2D eigenvalue weighted by Crippen LogP contribution is 2.25. The van der Waals surface area contributed by atoms with Crippen molar-refractivity contribution in [1.29, 1.82) is 5.41 Å². The molecule has 0 aliphatic heterocycles. The van der Waals surface area contributed by atoms with Crippen LogP contribution in [0.5, 0.6) is 0 Å². The fourth-order valence-electron chi connectivity index (χ4n) is 2.58. The first-order valence-corrected chi connectivity index (χ1v) is 6.77. The number of nitrogens with zero attached hydrogens (tertiary/aromatic N) is 3. The zero-order valence-corrected chi connectivity index (χ0v) is 11.0. The quantitative estimate of drug-likeness (QED) is 0.541. The number of aliphatic hydroxyl groups is 1. The molecule has 1 aromatic heterocycles. The fraction of sp³-hybridized carbons (Fsp3) is 0.615. The van der Waals surface area contributed by atoms with Crippen molar-refractivity contribution in [1.82, 2.24) is 9.97 Å². The molecule has 0 atom stereocenters. The lowest BCUT2D eigenvalue weighted by Crippen LogP contribution is -2.40. The number of hydrogen-bond acceptors (Lipinski definition) is 5. The highest BCUT2D eigenvalue weighted by molar-refractivity contribution is 5.93. The van der Waals surface area contributed by atoms with Crippen LogP contribution in [0.2, 0.25) is 0 Å². The van der Waals surface area contributed by atoms with Crippen molar-refractivity contribution < 1.29 is 5.11 Å². The van der Waals surface area contributed by atoms with Gasteiger partial charge in [0.15, 0.2) is 0 Å². The Morgan fingerprint density at radius 2 is 2.16 bits per heavy atom. The number of nitrogen functional groups attached to an aromatic ring is 1. The van der Waals surface area contributed by atoms with Gasteiger partial charge in [-0.3, -0.25) is 5.41 Å². The number of aliphatic hydroxyl groups excluding tert-OH is 1. The van der Waals surface area contributed by atoms with Crippen LogP contribution in [0.25, 0.3) is 0 Å². The Kier molecular flexibility index (Phi) is 4.68. The normalized spacial score (nSPS) is 16.3. The molecular formula is C13H21N5O. The molecule has 1 aliphatic carbocycles. The summed E-state index contributed by atoms with van der Waals surface area (Å²) in [6, 6.07) is 2.01. The summed E-state index contributed by atoms with van der Waals surface area (Å²) in [5.41, 5.74) is 5.89. The largest absolute Gasteiger partial charge is 0.395 e.